The molecule has 12 heteroatoms. The summed E-state index contributed by atoms with van der Waals surface area (Å²) in [6.45, 7) is 1.58. The first-order chi connectivity index (χ1) is 20.7. The van der Waals surface area contributed by atoms with Crippen molar-refractivity contribution in [1.82, 2.24) is 5.43 Å². The van der Waals surface area contributed by atoms with Gasteiger partial charge in [-0.1, -0.05) is 35.9 Å². The molecule has 4 rings (SSSR count). The average Bonchev–Trinajstić information content (AvgIpc) is 3.00. The second kappa shape index (κ2) is 14.9. The lowest BCUT2D eigenvalue weighted by molar-refractivity contribution is -0.119. The summed E-state index contributed by atoms with van der Waals surface area (Å²) in [7, 11) is -4.08. The molecule has 0 atom stereocenters. The van der Waals surface area contributed by atoms with Crippen molar-refractivity contribution in [3.8, 4) is 11.5 Å². The molecule has 4 aromatic rings. The lowest BCUT2D eigenvalue weighted by Crippen LogP contribution is -2.39. The number of carbonyl (C=O) groups excluding carboxylic acids is 2. The molecule has 222 valence electrons. The standard InChI is InChI=1S/C31H29ClN4O6S/c1-2-41-27-15-17-29(18-16-27)43(39,40)36(26-9-4-3-5-10-26)21-30(37)35-33-20-23-11-13-28(14-12-23)42-22-31(38)34-25-8-6-7-24(32)19-25/h3-20H,2,21-22H2,1H3,(H,34,38)(H,35,37)/b33-20-. The van der Waals surface area contributed by atoms with Crippen molar-refractivity contribution in [2.45, 2.75) is 11.8 Å². The van der Waals surface area contributed by atoms with Crippen LogP contribution < -0.4 is 24.5 Å². The number of nitrogens with zero attached hydrogens (tertiary/aromatic N) is 2. The number of hydrogen-bond donors (Lipinski definition) is 2. The Morgan fingerprint density at radius 3 is 2.21 bits per heavy atom. The molecule has 4 aromatic carbocycles. The number of carbonyl (C=O) groups is 2. The summed E-state index contributed by atoms with van der Waals surface area (Å²) < 4.78 is 38.9. The van der Waals surface area contributed by atoms with Crippen molar-refractivity contribution in [3.63, 3.8) is 0 Å². The summed E-state index contributed by atoms with van der Waals surface area (Å²) in [5, 5.41) is 7.16. The van der Waals surface area contributed by atoms with Crippen molar-refractivity contribution in [2.75, 3.05) is 29.4 Å². The number of anilines is 2. The Kier molecular flexibility index (Phi) is 10.7. The van der Waals surface area contributed by atoms with Gasteiger partial charge in [0.2, 0.25) is 0 Å². The predicted molar refractivity (Wildman–Crippen MR) is 166 cm³/mol. The largest absolute Gasteiger partial charge is 0.494 e. The third-order valence-corrected chi connectivity index (χ3v) is 7.84. The molecule has 2 N–H and O–H groups in total. The van der Waals surface area contributed by atoms with Gasteiger partial charge in [0.25, 0.3) is 21.8 Å². The number of ether oxygens (including phenoxy) is 2. The van der Waals surface area contributed by atoms with Crippen LogP contribution in [0.15, 0.2) is 113 Å². The zero-order valence-corrected chi connectivity index (χ0v) is 24.7. The second-order valence-electron chi connectivity index (χ2n) is 8.96. The summed E-state index contributed by atoms with van der Waals surface area (Å²) in [5.74, 6) is 0.0177. The molecular formula is C31H29ClN4O6S. The minimum Gasteiger partial charge on any atom is -0.494 e. The zero-order chi connectivity index (χ0) is 30.7. The van der Waals surface area contributed by atoms with E-state index in [0.29, 0.717) is 40.1 Å². The van der Waals surface area contributed by atoms with Crippen molar-refractivity contribution in [1.29, 1.82) is 0 Å². The Morgan fingerprint density at radius 1 is 0.860 bits per heavy atom. The van der Waals surface area contributed by atoms with Gasteiger partial charge < -0.3 is 14.8 Å². The van der Waals surface area contributed by atoms with Crippen LogP contribution >= 0.6 is 11.6 Å². The monoisotopic (exact) mass is 620 g/mol. The van der Waals surface area contributed by atoms with Gasteiger partial charge in [-0.2, -0.15) is 5.10 Å². The second-order valence-corrected chi connectivity index (χ2v) is 11.3. The number of rotatable bonds is 13. The van der Waals surface area contributed by atoms with E-state index < -0.39 is 22.5 Å². The molecule has 10 nitrogen and oxygen atoms in total. The minimum atomic E-state index is -4.08. The van der Waals surface area contributed by atoms with Crippen LogP contribution in [0.3, 0.4) is 0 Å². The van der Waals surface area contributed by atoms with E-state index >= 15 is 0 Å². The maximum atomic E-state index is 13.5. The number of benzene rings is 4. The smallest absolute Gasteiger partial charge is 0.264 e. The van der Waals surface area contributed by atoms with E-state index in [9.17, 15) is 18.0 Å². The maximum absolute atomic E-state index is 13.5. The van der Waals surface area contributed by atoms with Crippen LogP contribution in [0.4, 0.5) is 11.4 Å². The van der Waals surface area contributed by atoms with Gasteiger partial charge in [0, 0.05) is 10.7 Å². The number of amides is 2. The fourth-order valence-electron chi connectivity index (χ4n) is 3.82. The number of hydrogen-bond acceptors (Lipinski definition) is 7. The lowest BCUT2D eigenvalue weighted by Gasteiger charge is -2.23. The number of hydrazone groups is 1. The van der Waals surface area contributed by atoms with Crippen LogP contribution in [-0.2, 0) is 19.6 Å². The number of para-hydroxylation sites is 1. The van der Waals surface area contributed by atoms with E-state index in [1.165, 1.54) is 18.3 Å². The van der Waals surface area contributed by atoms with E-state index in [2.05, 4.69) is 15.8 Å². The SMILES string of the molecule is CCOc1ccc(S(=O)(=O)N(CC(=O)N/N=C\c2ccc(OCC(=O)Nc3cccc(Cl)c3)cc2)c2ccccc2)cc1. The van der Waals surface area contributed by atoms with Crippen LogP contribution in [-0.4, -0.2) is 46.2 Å². The van der Waals surface area contributed by atoms with Crippen molar-refractivity contribution in [3.05, 3.63) is 114 Å². The van der Waals surface area contributed by atoms with E-state index in [1.807, 2.05) is 6.92 Å². The molecular weight excluding hydrogens is 592 g/mol. The highest BCUT2D eigenvalue weighted by atomic mass is 35.5. The summed E-state index contributed by atoms with van der Waals surface area (Å²) in [4.78, 5) is 24.9. The molecule has 0 aliphatic heterocycles. The third kappa shape index (κ3) is 9.06. The molecule has 0 fully saturated rings. The van der Waals surface area contributed by atoms with E-state index in [-0.39, 0.29) is 17.4 Å². The van der Waals surface area contributed by atoms with Crippen LogP contribution in [0.25, 0.3) is 0 Å². The lowest BCUT2D eigenvalue weighted by atomic mass is 10.2. The fraction of sp³-hybridized carbons (Fsp3) is 0.129. The molecule has 0 saturated heterocycles. The molecule has 0 unspecified atom stereocenters. The maximum Gasteiger partial charge on any atom is 0.264 e. The van der Waals surface area contributed by atoms with E-state index in [0.717, 1.165) is 4.31 Å². The van der Waals surface area contributed by atoms with Gasteiger partial charge in [-0.05, 0) is 91.3 Å². The van der Waals surface area contributed by atoms with Gasteiger partial charge in [-0.3, -0.25) is 13.9 Å². The molecule has 0 aromatic heterocycles. The molecule has 0 aliphatic rings. The summed E-state index contributed by atoms with van der Waals surface area (Å²) in [6, 6.07) is 27.8. The van der Waals surface area contributed by atoms with Gasteiger partial charge in [0.15, 0.2) is 6.61 Å². The Labute approximate surface area is 254 Å². The topological polar surface area (TPSA) is 126 Å². The number of nitrogens with one attached hydrogen (secondary N) is 2. The highest BCUT2D eigenvalue weighted by molar-refractivity contribution is 7.92. The molecule has 0 heterocycles. The molecule has 2 amide bonds. The Bertz CT molecular complexity index is 1670. The molecule has 43 heavy (non-hydrogen) atoms. The number of sulfonamides is 1. The first-order valence-corrected chi connectivity index (χ1v) is 15.0. The van der Waals surface area contributed by atoms with Crippen molar-refractivity contribution < 1.29 is 27.5 Å². The highest BCUT2D eigenvalue weighted by Gasteiger charge is 2.27. The first kappa shape index (κ1) is 31.1. The predicted octanol–water partition coefficient (Wildman–Crippen LogP) is 5.10. The van der Waals surface area contributed by atoms with Gasteiger partial charge >= 0.3 is 0 Å². The number of halogens is 1. The minimum absolute atomic E-state index is 0.0142. The van der Waals surface area contributed by atoms with E-state index in [4.69, 9.17) is 21.1 Å². The third-order valence-electron chi connectivity index (χ3n) is 5.82. The molecule has 0 spiro atoms. The van der Waals surface area contributed by atoms with Crippen molar-refractivity contribution in [2.24, 2.45) is 5.10 Å². The Balaban J connectivity index is 1.34. The van der Waals surface area contributed by atoms with Gasteiger partial charge in [0.1, 0.15) is 18.0 Å². The first-order valence-electron chi connectivity index (χ1n) is 13.2. The summed E-state index contributed by atoms with van der Waals surface area (Å²) >= 11 is 5.92. The summed E-state index contributed by atoms with van der Waals surface area (Å²) in [5.41, 5.74) is 3.90. The zero-order valence-electron chi connectivity index (χ0n) is 23.1. The molecule has 0 saturated carbocycles. The van der Waals surface area contributed by atoms with E-state index in [1.54, 1.807) is 91.0 Å². The van der Waals surface area contributed by atoms with Crippen LogP contribution in [0.1, 0.15) is 12.5 Å². The molecule has 0 bridgehead atoms. The van der Waals surface area contributed by atoms with Crippen LogP contribution in [0.2, 0.25) is 5.02 Å². The van der Waals surface area contributed by atoms with Gasteiger partial charge in [-0.25, -0.2) is 13.8 Å². The Hall–Kier alpha value is -4.87. The van der Waals surface area contributed by atoms with Gasteiger partial charge in [-0.15, -0.1) is 0 Å². The fourth-order valence-corrected chi connectivity index (χ4v) is 5.43. The molecule has 0 aliphatic carbocycles. The average molecular weight is 621 g/mol. The van der Waals surface area contributed by atoms with Crippen molar-refractivity contribution >= 4 is 51.0 Å². The summed E-state index contributed by atoms with van der Waals surface area (Å²) in [6.07, 6.45) is 1.40. The van der Waals surface area contributed by atoms with Crippen LogP contribution in [0.5, 0.6) is 11.5 Å². The normalized spacial score (nSPS) is 11.1. The Morgan fingerprint density at radius 2 is 1.53 bits per heavy atom. The molecule has 0 radical (unpaired) electrons. The van der Waals surface area contributed by atoms with Gasteiger partial charge in [0.05, 0.1) is 23.4 Å². The highest BCUT2D eigenvalue weighted by Crippen LogP contribution is 2.25. The quantitative estimate of drug-likeness (QED) is 0.158. The van der Waals surface area contributed by atoms with Crippen LogP contribution in [0, 0.1) is 0 Å².